The van der Waals surface area contributed by atoms with Gasteiger partial charge in [-0.05, 0) is 18.9 Å². The van der Waals surface area contributed by atoms with E-state index in [4.69, 9.17) is 0 Å². The number of rotatable bonds is 2. The molecule has 100 valence electrons. The maximum absolute atomic E-state index is 12.9. The minimum Gasteiger partial charge on any atom is -0.350 e. The van der Waals surface area contributed by atoms with Gasteiger partial charge in [0.05, 0.1) is 0 Å². The van der Waals surface area contributed by atoms with Gasteiger partial charge in [0.1, 0.15) is 0 Å². The predicted molar refractivity (Wildman–Crippen MR) is 78.4 cm³/mol. The van der Waals surface area contributed by atoms with Crippen molar-refractivity contribution in [3.05, 3.63) is 36.0 Å². The van der Waals surface area contributed by atoms with E-state index < -0.39 is 0 Å². The van der Waals surface area contributed by atoms with Crippen LogP contribution < -0.4 is 0 Å². The van der Waals surface area contributed by atoms with Crippen LogP contribution in [0.5, 0.6) is 0 Å². The molecule has 0 unspecified atom stereocenters. The molecule has 1 aromatic carbocycles. The second kappa shape index (κ2) is 4.52. The first-order chi connectivity index (χ1) is 9.12. The van der Waals surface area contributed by atoms with Crippen LogP contribution in [-0.4, -0.2) is 10.4 Å². The third kappa shape index (κ3) is 1.99. The molecule has 1 saturated carbocycles. The summed E-state index contributed by atoms with van der Waals surface area (Å²) in [7, 11) is 2.02. The van der Waals surface area contributed by atoms with Gasteiger partial charge in [0.2, 0.25) is 0 Å². The Labute approximate surface area is 114 Å². The Morgan fingerprint density at radius 3 is 2.58 bits per heavy atom. The second-order valence-corrected chi connectivity index (χ2v) is 6.12. The third-order valence-corrected chi connectivity index (χ3v) is 4.65. The van der Waals surface area contributed by atoms with Crippen LogP contribution in [0.15, 0.2) is 30.5 Å². The molecule has 0 N–H and O–H groups in total. The summed E-state index contributed by atoms with van der Waals surface area (Å²) < 4.78 is 2.06. The maximum atomic E-state index is 12.9. The van der Waals surface area contributed by atoms with Gasteiger partial charge in [0.15, 0.2) is 5.78 Å². The Bertz CT molecular complexity index is 617. The fourth-order valence-corrected chi connectivity index (χ4v) is 3.41. The first-order valence-corrected chi connectivity index (χ1v) is 7.21. The van der Waals surface area contributed by atoms with Crippen molar-refractivity contribution in [3.63, 3.8) is 0 Å². The summed E-state index contributed by atoms with van der Waals surface area (Å²) >= 11 is 0. The number of hydrogen-bond acceptors (Lipinski definition) is 1. The molecule has 0 saturated heterocycles. The molecule has 0 amide bonds. The van der Waals surface area contributed by atoms with Crippen molar-refractivity contribution in [3.8, 4) is 0 Å². The predicted octanol–water partition coefficient (Wildman–Crippen LogP) is 4.33. The number of fused-ring (bicyclic) bond motifs is 1. The Balaban J connectivity index is 2.06. The van der Waals surface area contributed by atoms with Gasteiger partial charge in [-0.15, -0.1) is 0 Å². The van der Waals surface area contributed by atoms with Gasteiger partial charge in [-0.2, -0.15) is 0 Å². The number of aryl methyl sites for hydroxylation is 1. The van der Waals surface area contributed by atoms with Gasteiger partial charge in [-0.3, -0.25) is 4.79 Å². The minimum absolute atomic E-state index is 0.150. The number of nitrogens with zero attached hydrogens (tertiary/aromatic N) is 1. The lowest BCUT2D eigenvalue weighted by Crippen LogP contribution is -2.30. The van der Waals surface area contributed by atoms with Gasteiger partial charge >= 0.3 is 0 Å². The molecular formula is C17H21NO. The fourth-order valence-electron chi connectivity index (χ4n) is 3.41. The SMILES string of the molecule is Cn1cc(C(=O)C2(C)CCCCC2)c2ccccc21. The Kier molecular flexibility index (Phi) is 2.96. The zero-order valence-corrected chi connectivity index (χ0v) is 11.8. The standard InChI is InChI=1S/C17H21NO/c1-17(10-6-3-7-11-17)16(19)14-12-18(2)15-9-5-4-8-13(14)15/h4-5,8-9,12H,3,6-7,10-11H2,1-2H3. The maximum Gasteiger partial charge on any atom is 0.170 e. The third-order valence-electron chi connectivity index (χ3n) is 4.65. The highest BCUT2D eigenvalue weighted by molar-refractivity contribution is 6.10. The molecule has 0 bridgehead atoms. The summed E-state index contributed by atoms with van der Waals surface area (Å²) in [5.74, 6) is 0.337. The monoisotopic (exact) mass is 255 g/mol. The van der Waals surface area contributed by atoms with Crippen LogP contribution in [0.3, 0.4) is 0 Å². The van der Waals surface area contributed by atoms with Gasteiger partial charge in [-0.1, -0.05) is 44.4 Å². The molecule has 3 rings (SSSR count). The quantitative estimate of drug-likeness (QED) is 0.732. The van der Waals surface area contributed by atoms with Crippen LogP contribution in [0.2, 0.25) is 0 Å². The number of benzene rings is 1. The highest BCUT2D eigenvalue weighted by Crippen LogP contribution is 2.40. The molecule has 1 aromatic heterocycles. The Morgan fingerprint density at radius 2 is 1.84 bits per heavy atom. The van der Waals surface area contributed by atoms with Gasteiger partial charge in [-0.25, -0.2) is 0 Å². The zero-order chi connectivity index (χ0) is 13.5. The van der Waals surface area contributed by atoms with Gasteiger partial charge in [0.25, 0.3) is 0 Å². The molecule has 19 heavy (non-hydrogen) atoms. The average molecular weight is 255 g/mol. The number of Topliss-reactive ketones (excluding diaryl/α,β-unsaturated/α-hetero) is 1. The molecule has 1 aliphatic rings. The highest BCUT2D eigenvalue weighted by Gasteiger charge is 2.36. The molecule has 1 heterocycles. The van der Waals surface area contributed by atoms with E-state index in [1.54, 1.807) is 0 Å². The first kappa shape index (κ1) is 12.5. The van der Waals surface area contributed by atoms with E-state index >= 15 is 0 Å². The number of para-hydroxylation sites is 1. The van der Waals surface area contributed by atoms with Crippen LogP contribution in [0.25, 0.3) is 10.9 Å². The van der Waals surface area contributed by atoms with Crippen LogP contribution in [0.1, 0.15) is 49.4 Å². The Hall–Kier alpha value is -1.57. The zero-order valence-electron chi connectivity index (χ0n) is 11.8. The fraction of sp³-hybridized carbons (Fsp3) is 0.471. The van der Waals surface area contributed by atoms with Crippen LogP contribution in [-0.2, 0) is 7.05 Å². The largest absolute Gasteiger partial charge is 0.350 e. The van der Waals surface area contributed by atoms with Crippen molar-refractivity contribution in [2.24, 2.45) is 12.5 Å². The molecule has 0 radical (unpaired) electrons. The van der Waals surface area contributed by atoms with Gasteiger partial charge in [0, 0.05) is 35.1 Å². The van der Waals surface area contributed by atoms with E-state index in [2.05, 4.69) is 23.6 Å². The molecule has 0 aliphatic heterocycles. The lowest BCUT2D eigenvalue weighted by molar-refractivity contribution is 0.0751. The molecule has 0 atom stereocenters. The van der Waals surface area contributed by atoms with E-state index in [1.165, 1.54) is 19.3 Å². The molecule has 2 aromatic rings. The summed E-state index contributed by atoms with van der Waals surface area (Å²) in [6, 6.07) is 8.19. The molecular weight excluding hydrogens is 234 g/mol. The normalized spacial score (nSPS) is 18.6. The Morgan fingerprint density at radius 1 is 1.16 bits per heavy atom. The van der Waals surface area contributed by atoms with E-state index in [1.807, 2.05) is 25.4 Å². The lowest BCUT2D eigenvalue weighted by Gasteiger charge is -2.31. The van der Waals surface area contributed by atoms with Gasteiger partial charge < -0.3 is 4.57 Å². The average Bonchev–Trinajstić information content (AvgIpc) is 2.77. The molecule has 0 spiro atoms. The number of hydrogen-bond donors (Lipinski definition) is 0. The van der Waals surface area contributed by atoms with Crippen molar-refractivity contribution < 1.29 is 4.79 Å². The van der Waals surface area contributed by atoms with E-state index in [-0.39, 0.29) is 5.41 Å². The van der Waals surface area contributed by atoms with Crippen molar-refractivity contribution in [2.45, 2.75) is 39.0 Å². The molecule has 1 fully saturated rings. The summed E-state index contributed by atoms with van der Waals surface area (Å²) in [4.78, 5) is 12.9. The number of carbonyl (C=O) groups excluding carboxylic acids is 1. The first-order valence-electron chi connectivity index (χ1n) is 7.21. The summed E-state index contributed by atoms with van der Waals surface area (Å²) in [5, 5.41) is 1.10. The minimum atomic E-state index is -0.150. The molecule has 1 aliphatic carbocycles. The van der Waals surface area contributed by atoms with Crippen LogP contribution in [0.4, 0.5) is 0 Å². The van der Waals surface area contributed by atoms with Crippen molar-refractivity contribution in [1.29, 1.82) is 0 Å². The van der Waals surface area contributed by atoms with E-state index in [0.29, 0.717) is 5.78 Å². The molecule has 2 nitrogen and oxygen atoms in total. The summed E-state index contributed by atoms with van der Waals surface area (Å²) in [6.45, 7) is 2.15. The lowest BCUT2D eigenvalue weighted by atomic mass is 9.71. The number of carbonyl (C=O) groups is 1. The van der Waals surface area contributed by atoms with Crippen LogP contribution in [0, 0.1) is 5.41 Å². The number of ketones is 1. The number of aromatic nitrogens is 1. The highest BCUT2D eigenvalue weighted by atomic mass is 16.1. The van der Waals surface area contributed by atoms with E-state index in [0.717, 1.165) is 29.3 Å². The van der Waals surface area contributed by atoms with Crippen LogP contribution >= 0.6 is 0 Å². The van der Waals surface area contributed by atoms with Crippen molar-refractivity contribution in [2.75, 3.05) is 0 Å². The second-order valence-electron chi connectivity index (χ2n) is 6.12. The summed E-state index contributed by atoms with van der Waals surface area (Å²) in [6.07, 6.45) is 7.73. The smallest absolute Gasteiger partial charge is 0.170 e. The van der Waals surface area contributed by atoms with Crippen molar-refractivity contribution in [1.82, 2.24) is 4.57 Å². The topological polar surface area (TPSA) is 22.0 Å². The molecule has 2 heteroatoms. The van der Waals surface area contributed by atoms with E-state index in [9.17, 15) is 4.79 Å². The van der Waals surface area contributed by atoms with Crippen molar-refractivity contribution >= 4 is 16.7 Å². The summed E-state index contributed by atoms with van der Waals surface area (Å²) in [5.41, 5.74) is 1.90.